The Hall–Kier alpha value is -2.59. The molecule has 0 unspecified atom stereocenters. The molecule has 0 radical (unpaired) electrons. The van der Waals surface area contributed by atoms with Crippen molar-refractivity contribution >= 4 is 28.8 Å². The van der Waals surface area contributed by atoms with Gasteiger partial charge < -0.3 is 4.74 Å². The number of hydrogen-bond donors (Lipinski definition) is 0. The quantitative estimate of drug-likeness (QED) is 0.765. The number of thioether (sulfide) groups is 1. The smallest absolute Gasteiger partial charge is 0.284 e. The molecule has 2 aromatic rings. The Balaban J connectivity index is 1.69. The number of benzene rings is 2. The van der Waals surface area contributed by atoms with Crippen molar-refractivity contribution in [1.29, 1.82) is 0 Å². The Bertz CT molecular complexity index is 831. The second-order valence-electron chi connectivity index (χ2n) is 5.35. The number of nitrogens with zero attached hydrogens (tertiary/aromatic N) is 1. The van der Waals surface area contributed by atoms with Crippen molar-refractivity contribution in [3.63, 3.8) is 0 Å². The number of carbonyl (C=O) groups is 1. The summed E-state index contributed by atoms with van der Waals surface area (Å²) >= 11 is 1.41. The molecule has 1 aliphatic heterocycles. The summed E-state index contributed by atoms with van der Waals surface area (Å²) in [6.45, 7) is 2.04. The molecule has 0 aliphatic carbocycles. The van der Waals surface area contributed by atoms with Gasteiger partial charge in [0.2, 0.25) is 0 Å². The van der Waals surface area contributed by atoms with Crippen LogP contribution >= 0.6 is 11.8 Å². The maximum Gasteiger partial charge on any atom is 0.284 e. The molecule has 2 aromatic carbocycles. The highest BCUT2D eigenvalue weighted by molar-refractivity contribution is 8.19. The number of rotatable bonds is 4. The molecule has 0 bridgehead atoms. The van der Waals surface area contributed by atoms with Crippen molar-refractivity contribution in [2.45, 2.75) is 6.92 Å². The zero-order chi connectivity index (χ0) is 16.9. The number of aryl methyl sites for hydroxylation is 1. The van der Waals surface area contributed by atoms with Gasteiger partial charge in [-0.3, -0.25) is 4.79 Å². The van der Waals surface area contributed by atoms with Gasteiger partial charge >= 0.3 is 0 Å². The second-order valence-corrected chi connectivity index (χ2v) is 6.38. The van der Waals surface area contributed by atoms with Crippen LogP contribution in [0.4, 0.5) is 0 Å². The minimum absolute atomic E-state index is 0.185. The van der Waals surface area contributed by atoms with Crippen LogP contribution < -0.4 is 4.74 Å². The monoisotopic (exact) mass is 335 g/mol. The summed E-state index contributed by atoms with van der Waals surface area (Å²) in [7, 11) is 1.64. The summed E-state index contributed by atoms with van der Waals surface area (Å²) < 4.78 is 5.13. The number of methoxy groups -OCH3 is 1. The summed E-state index contributed by atoms with van der Waals surface area (Å²) in [5.74, 6) is 0.637. The lowest BCUT2D eigenvalue weighted by Crippen LogP contribution is -1.90. The summed E-state index contributed by atoms with van der Waals surface area (Å²) in [5.41, 5.74) is 3.20. The Kier molecular flexibility index (Phi) is 4.96. The summed E-state index contributed by atoms with van der Waals surface area (Å²) in [6, 6.07) is 15.8. The van der Waals surface area contributed by atoms with Gasteiger partial charge in [-0.1, -0.05) is 65.9 Å². The Morgan fingerprint density at radius 2 is 1.75 bits per heavy atom. The lowest BCUT2D eigenvalue weighted by molar-refractivity contribution is -0.113. The van der Waals surface area contributed by atoms with E-state index >= 15 is 0 Å². The molecule has 0 atom stereocenters. The molecule has 24 heavy (non-hydrogen) atoms. The molecular weight excluding hydrogens is 318 g/mol. The van der Waals surface area contributed by atoms with Crippen molar-refractivity contribution in [3.05, 3.63) is 82.3 Å². The van der Waals surface area contributed by atoms with Gasteiger partial charge in [0.15, 0.2) is 0 Å². The fourth-order valence-corrected chi connectivity index (χ4v) is 3.07. The summed E-state index contributed by atoms with van der Waals surface area (Å²) in [5, 5.41) is 0.754. The zero-order valence-corrected chi connectivity index (χ0v) is 14.3. The number of hydrogen-bond acceptors (Lipinski definition) is 3. The van der Waals surface area contributed by atoms with Gasteiger partial charge in [-0.25, -0.2) is 4.99 Å². The first kappa shape index (κ1) is 16.3. The molecule has 0 fully saturated rings. The standard InChI is InChI=1S/C20H17NO2S/c1-14-6-10-16(11-7-14)20-21-19(22)18(24-20)5-3-4-15-8-12-17(23-2)13-9-15/h3-13H,1-2H3/b4-3+,18-5-. The highest BCUT2D eigenvalue weighted by Gasteiger charge is 2.22. The van der Waals surface area contributed by atoms with E-state index in [2.05, 4.69) is 4.99 Å². The van der Waals surface area contributed by atoms with Crippen LogP contribution in [0, 0.1) is 6.92 Å². The predicted octanol–water partition coefficient (Wildman–Crippen LogP) is 4.62. The van der Waals surface area contributed by atoms with Gasteiger partial charge in [-0.2, -0.15) is 0 Å². The fourth-order valence-electron chi connectivity index (χ4n) is 2.20. The SMILES string of the molecule is COc1ccc(/C=C/C=C2\SC(c3ccc(C)cc3)=NC2=O)cc1. The van der Waals surface area contributed by atoms with Crippen LogP contribution in [0.15, 0.2) is 70.6 Å². The highest BCUT2D eigenvalue weighted by Crippen LogP contribution is 2.30. The highest BCUT2D eigenvalue weighted by atomic mass is 32.2. The lowest BCUT2D eigenvalue weighted by Gasteiger charge is -1.99. The first-order valence-electron chi connectivity index (χ1n) is 7.56. The molecular formula is C20H17NO2S. The van der Waals surface area contributed by atoms with Crippen LogP contribution in [-0.4, -0.2) is 18.1 Å². The third-order valence-electron chi connectivity index (χ3n) is 3.57. The summed E-state index contributed by atoms with van der Waals surface area (Å²) in [6.07, 6.45) is 5.63. The molecule has 0 spiro atoms. The largest absolute Gasteiger partial charge is 0.497 e. The van der Waals surface area contributed by atoms with E-state index in [1.807, 2.05) is 73.7 Å². The van der Waals surface area contributed by atoms with E-state index in [1.165, 1.54) is 17.3 Å². The molecule has 1 heterocycles. The van der Waals surface area contributed by atoms with Crippen molar-refractivity contribution in [2.24, 2.45) is 4.99 Å². The van der Waals surface area contributed by atoms with Gasteiger partial charge in [0.05, 0.1) is 12.0 Å². The molecule has 1 aliphatic rings. The molecule has 0 N–H and O–H groups in total. The van der Waals surface area contributed by atoms with Crippen LogP contribution in [0.2, 0.25) is 0 Å². The second kappa shape index (κ2) is 7.32. The number of carbonyl (C=O) groups excluding carboxylic acids is 1. The van der Waals surface area contributed by atoms with Crippen molar-refractivity contribution in [2.75, 3.05) is 7.11 Å². The van der Waals surface area contributed by atoms with Crippen LogP contribution in [-0.2, 0) is 4.79 Å². The molecule has 0 saturated heterocycles. The maximum atomic E-state index is 12.0. The lowest BCUT2D eigenvalue weighted by atomic mass is 10.2. The average Bonchev–Trinajstić information content (AvgIpc) is 2.97. The van der Waals surface area contributed by atoms with E-state index in [-0.39, 0.29) is 5.91 Å². The number of allylic oxidation sites excluding steroid dienone is 2. The van der Waals surface area contributed by atoms with Gasteiger partial charge in [0.1, 0.15) is 10.8 Å². The predicted molar refractivity (Wildman–Crippen MR) is 100 cm³/mol. The Labute approximate surface area is 145 Å². The van der Waals surface area contributed by atoms with E-state index in [0.29, 0.717) is 4.91 Å². The fraction of sp³-hybridized carbons (Fsp3) is 0.100. The topological polar surface area (TPSA) is 38.7 Å². The third-order valence-corrected chi connectivity index (χ3v) is 4.62. The van der Waals surface area contributed by atoms with Gasteiger partial charge in [0, 0.05) is 5.56 Å². The van der Waals surface area contributed by atoms with E-state index < -0.39 is 0 Å². The van der Waals surface area contributed by atoms with Crippen molar-refractivity contribution in [3.8, 4) is 5.75 Å². The third kappa shape index (κ3) is 3.84. The molecule has 0 aromatic heterocycles. The van der Waals surface area contributed by atoms with Gasteiger partial charge in [0.25, 0.3) is 5.91 Å². The van der Waals surface area contributed by atoms with Crippen LogP contribution in [0.1, 0.15) is 16.7 Å². The van der Waals surface area contributed by atoms with Crippen LogP contribution in [0.25, 0.3) is 6.08 Å². The Morgan fingerprint density at radius 3 is 2.42 bits per heavy atom. The Morgan fingerprint density at radius 1 is 1.04 bits per heavy atom. The number of amides is 1. The van der Waals surface area contributed by atoms with Crippen molar-refractivity contribution < 1.29 is 9.53 Å². The first-order valence-corrected chi connectivity index (χ1v) is 8.38. The van der Waals surface area contributed by atoms with E-state index in [9.17, 15) is 4.79 Å². The van der Waals surface area contributed by atoms with E-state index in [4.69, 9.17) is 4.74 Å². The molecule has 3 nitrogen and oxygen atoms in total. The zero-order valence-electron chi connectivity index (χ0n) is 13.5. The van der Waals surface area contributed by atoms with E-state index in [1.54, 1.807) is 7.11 Å². The van der Waals surface area contributed by atoms with Crippen molar-refractivity contribution in [1.82, 2.24) is 0 Å². The van der Waals surface area contributed by atoms with Gasteiger partial charge in [-0.15, -0.1) is 0 Å². The minimum Gasteiger partial charge on any atom is -0.497 e. The molecule has 120 valence electrons. The number of ether oxygens (including phenoxy) is 1. The first-order chi connectivity index (χ1) is 11.7. The maximum absolute atomic E-state index is 12.0. The van der Waals surface area contributed by atoms with Gasteiger partial charge in [-0.05, 0) is 30.7 Å². The molecule has 0 saturated carbocycles. The number of aliphatic imine (C=N–C) groups is 1. The average molecular weight is 335 g/mol. The molecule has 4 heteroatoms. The molecule has 3 rings (SSSR count). The normalized spacial score (nSPS) is 16.0. The van der Waals surface area contributed by atoms with Crippen LogP contribution in [0.5, 0.6) is 5.75 Å². The van der Waals surface area contributed by atoms with Crippen LogP contribution in [0.3, 0.4) is 0 Å². The van der Waals surface area contributed by atoms with E-state index in [0.717, 1.165) is 21.9 Å². The summed E-state index contributed by atoms with van der Waals surface area (Å²) in [4.78, 5) is 16.8. The minimum atomic E-state index is -0.185. The molecule has 1 amide bonds.